The van der Waals surface area contributed by atoms with E-state index < -0.39 is 0 Å². The molecule has 3 unspecified atom stereocenters. The highest BCUT2D eigenvalue weighted by molar-refractivity contribution is 4.95. The first kappa shape index (κ1) is 13.1. The van der Waals surface area contributed by atoms with Crippen LogP contribution in [0, 0.1) is 5.92 Å². The monoisotopic (exact) mass is 237 g/mol. The van der Waals surface area contributed by atoms with E-state index in [1.807, 2.05) is 0 Å². The van der Waals surface area contributed by atoms with Crippen molar-refractivity contribution in [2.45, 2.75) is 44.8 Å². The Bertz CT molecular complexity index is 264. The third kappa shape index (κ3) is 3.09. The third-order valence-electron chi connectivity index (χ3n) is 4.32. The minimum absolute atomic E-state index is 0.333. The quantitative estimate of drug-likeness (QED) is 0.751. The molecule has 0 aliphatic carbocycles. The molecule has 3 atom stereocenters. The highest BCUT2D eigenvalue weighted by atomic mass is 15.3. The van der Waals surface area contributed by atoms with Crippen molar-refractivity contribution in [3.05, 3.63) is 12.7 Å². The molecule has 3 heteroatoms. The van der Waals surface area contributed by atoms with E-state index in [9.17, 15) is 0 Å². The van der Waals surface area contributed by atoms with Gasteiger partial charge >= 0.3 is 0 Å². The maximum atomic E-state index is 6.15. The molecule has 2 aliphatic rings. The van der Waals surface area contributed by atoms with Gasteiger partial charge in [0.2, 0.25) is 0 Å². The van der Waals surface area contributed by atoms with Gasteiger partial charge in [-0.25, -0.2) is 0 Å². The molecule has 0 spiro atoms. The maximum Gasteiger partial charge on any atom is 0.0236 e. The predicted octanol–water partition coefficient (Wildman–Crippen LogP) is 1.30. The van der Waals surface area contributed by atoms with Gasteiger partial charge in [0.1, 0.15) is 0 Å². The number of nitrogens with two attached hydrogens (primary N) is 1. The fourth-order valence-corrected chi connectivity index (χ4v) is 3.22. The summed E-state index contributed by atoms with van der Waals surface area (Å²) in [4.78, 5) is 5.18. The van der Waals surface area contributed by atoms with Crippen LogP contribution in [0.2, 0.25) is 0 Å². The summed E-state index contributed by atoms with van der Waals surface area (Å²) in [5, 5.41) is 0. The standard InChI is InChI=1S/C14H27N3/c1-4-12-7-13(15)9-17(8-12)14-5-6-16(10-14)11(2)3/h4,11-14H,1,5-10,15H2,2-3H3. The number of nitrogens with zero attached hydrogens (tertiary/aromatic N) is 2. The molecule has 0 aromatic heterocycles. The molecular formula is C14H27N3. The lowest BCUT2D eigenvalue weighted by Gasteiger charge is -2.39. The average molecular weight is 237 g/mol. The van der Waals surface area contributed by atoms with E-state index in [4.69, 9.17) is 5.73 Å². The molecule has 2 rings (SSSR count). The molecule has 0 radical (unpaired) electrons. The van der Waals surface area contributed by atoms with Gasteiger partial charge < -0.3 is 5.73 Å². The minimum Gasteiger partial charge on any atom is -0.327 e. The molecule has 0 bridgehead atoms. The zero-order valence-corrected chi connectivity index (χ0v) is 11.3. The summed E-state index contributed by atoms with van der Waals surface area (Å²) < 4.78 is 0. The Morgan fingerprint density at radius 3 is 2.65 bits per heavy atom. The molecule has 2 heterocycles. The Labute approximate surface area is 106 Å². The number of hydrogen-bond acceptors (Lipinski definition) is 3. The van der Waals surface area contributed by atoms with Crippen LogP contribution >= 0.6 is 0 Å². The zero-order chi connectivity index (χ0) is 12.4. The van der Waals surface area contributed by atoms with E-state index in [-0.39, 0.29) is 0 Å². The first-order valence-electron chi connectivity index (χ1n) is 6.96. The van der Waals surface area contributed by atoms with Crippen LogP contribution in [-0.4, -0.2) is 54.1 Å². The van der Waals surface area contributed by atoms with Crippen molar-refractivity contribution < 1.29 is 0 Å². The van der Waals surface area contributed by atoms with Crippen molar-refractivity contribution in [2.24, 2.45) is 11.7 Å². The lowest BCUT2D eigenvalue weighted by Crippen LogP contribution is -2.51. The second-order valence-electron chi connectivity index (χ2n) is 5.98. The number of rotatable bonds is 3. The second-order valence-corrected chi connectivity index (χ2v) is 5.98. The van der Waals surface area contributed by atoms with E-state index in [2.05, 4.69) is 36.3 Å². The molecule has 2 aliphatic heterocycles. The van der Waals surface area contributed by atoms with Gasteiger partial charge in [0, 0.05) is 44.3 Å². The van der Waals surface area contributed by atoms with Gasteiger partial charge in [0.25, 0.3) is 0 Å². The SMILES string of the molecule is C=CC1CC(N)CN(C2CCN(C(C)C)C2)C1. The molecule has 2 N–H and O–H groups in total. The molecular weight excluding hydrogens is 210 g/mol. The molecule has 3 nitrogen and oxygen atoms in total. The van der Waals surface area contributed by atoms with Crippen molar-refractivity contribution in [3.63, 3.8) is 0 Å². The Morgan fingerprint density at radius 2 is 2.06 bits per heavy atom. The van der Waals surface area contributed by atoms with Crippen molar-refractivity contribution in [3.8, 4) is 0 Å². The molecule has 0 aromatic rings. The van der Waals surface area contributed by atoms with Crippen LogP contribution in [-0.2, 0) is 0 Å². The van der Waals surface area contributed by atoms with Gasteiger partial charge in [0.15, 0.2) is 0 Å². The largest absolute Gasteiger partial charge is 0.327 e. The topological polar surface area (TPSA) is 32.5 Å². The van der Waals surface area contributed by atoms with Gasteiger partial charge in [-0.15, -0.1) is 6.58 Å². The fraction of sp³-hybridized carbons (Fsp3) is 0.857. The summed E-state index contributed by atoms with van der Waals surface area (Å²) in [5.41, 5.74) is 6.15. The Kier molecular flexibility index (Phi) is 4.23. The molecule has 2 fully saturated rings. The smallest absolute Gasteiger partial charge is 0.0236 e. The molecule has 17 heavy (non-hydrogen) atoms. The van der Waals surface area contributed by atoms with E-state index in [0.29, 0.717) is 24.0 Å². The normalized spacial score (nSPS) is 36.6. The van der Waals surface area contributed by atoms with Crippen LogP contribution in [0.4, 0.5) is 0 Å². The van der Waals surface area contributed by atoms with Crippen molar-refractivity contribution in [1.82, 2.24) is 9.80 Å². The fourth-order valence-electron chi connectivity index (χ4n) is 3.22. The van der Waals surface area contributed by atoms with E-state index >= 15 is 0 Å². The van der Waals surface area contributed by atoms with Gasteiger partial charge in [-0.05, 0) is 32.6 Å². The summed E-state index contributed by atoms with van der Waals surface area (Å²) >= 11 is 0. The van der Waals surface area contributed by atoms with Crippen molar-refractivity contribution in [2.75, 3.05) is 26.2 Å². The van der Waals surface area contributed by atoms with Crippen molar-refractivity contribution >= 4 is 0 Å². The zero-order valence-electron chi connectivity index (χ0n) is 11.3. The van der Waals surface area contributed by atoms with Crippen LogP contribution in [0.1, 0.15) is 26.7 Å². The minimum atomic E-state index is 0.333. The van der Waals surface area contributed by atoms with Crippen LogP contribution in [0.3, 0.4) is 0 Å². The Balaban J connectivity index is 1.91. The summed E-state index contributed by atoms with van der Waals surface area (Å²) in [5.74, 6) is 0.590. The summed E-state index contributed by atoms with van der Waals surface area (Å²) in [6.45, 7) is 13.2. The van der Waals surface area contributed by atoms with Gasteiger partial charge in [-0.1, -0.05) is 6.08 Å². The van der Waals surface area contributed by atoms with Gasteiger partial charge in [-0.2, -0.15) is 0 Å². The molecule has 98 valence electrons. The van der Waals surface area contributed by atoms with E-state index in [0.717, 1.165) is 19.5 Å². The van der Waals surface area contributed by atoms with E-state index in [1.54, 1.807) is 0 Å². The van der Waals surface area contributed by atoms with Crippen LogP contribution in [0.15, 0.2) is 12.7 Å². The van der Waals surface area contributed by atoms with Gasteiger partial charge in [-0.3, -0.25) is 9.80 Å². The molecule has 0 saturated carbocycles. The third-order valence-corrected chi connectivity index (χ3v) is 4.32. The average Bonchev–Trinajstić information content (AvgIpc) is 2.77. The highest BCUT2D eigenvalue weighted by Gasteiger charge is 2.33. The summed E-state index contributed by atoms with van der Waals surface area (Å²) in [6.07, 6.45) is 4.50. The molecule has 0 aromatic carbocycles. The maximum absolute atomic E-state index is 6.15. The summed E-state index contributed by atoms with van der Waals surface area (Å²) in [7, 11) is 0. The van der Waals surface area contributed by atoms with Crippen LogP contribution < -0.4 is 5.73 Å². The first-order valence-corrected chi connectivity index (χ1v) is 6.96. The highest BCUT2D eigenvalue weighted by Crippen LogP contribution is 2.24. The summed E-state index contributed by atoms with van der Waals surface area (Å²) in [6, 6.07) is 1.72. The Morgan fingerprint density at radius 1 is 1.29 bits per heavy atom. The lowest BCUT2D eigenvalue weighted by molar-refractivity contribution is 0.123. The van der Waals surface area contributed by atoms with Crippen molar-refractivity contribution in [1.29, 1.82) is 0 Å². The molecule has 0 amide bonds. The second kappa shape index (κ2) is 5.51. The van der Waals surface area contributed by atoms with E-state index in [1.165, 1.54) is 19.5 Å². The lowest BCUT2D eigenvalue weighted by atomic mass is 9.93. The van der Waals surface area contributed by atoms with Gasteiger partial charge in [0.05, 0.1) is 0 Å². The number of likely N-dealkylation sites (tertiary alicyclic amines) is 2. The first-order chi connectivity index (χ1) is 8.10. The number of hydrogen-bond donors (Lipinski definition) is 1. The Hall–Kier alpha value is -0.380. The molecule has 2 saturated heterocycles. The number of piperidine rings is 1. The van der Waals surface area contributed by atoms with Crippen LogP contribution in [0.5, 0.6) is 0 Å². The van der Waals surface area contributed by atoms with Crippen LogP contribution in [0.25, 0.3) is 0 Å². The predicted molar refractivity (Wildman–Crippen MR) is 73.0 cm³/mol.